The largest absolute Gasteiger partial charge is 0.383 e. The maximum Gasteiger partial charge on any atom is 0.0345 e. The molecule has 0 radical (unpaired) electrons. The van der Waals surface area contributed by atoms with E-state index in [9.17, 15) is 0 Å². The summed E-state index contributed by atoms with van der Waals surface area (Å²) >= 11 is 0. The summed E-state index contributed by atoms with van der Waals surface area (Å²) in [5.41, 5.74) is 2.73. The molecule has 0 aromatic heterocycles. The molecule has 0 saturated carbocycles. The van der Waals surface area contributed by atoms with Crippen molar-refractivity contribution >= 4 is 5.69 Å². The first kappa shape index (κ1) is 16.4. The first-order valence-electron chi connectivity index (χ1n) is 8.85. The number of nitrogens with one attached hydrogen (secondary N) is 1. The molecule has 1 N–H and O–H groups in total. The molecule has 1 unspecified atom stereocenters. The van der Waals surface area contributed by atoms with E-state index < -0.39 is 0 Å². The second-order valence-corrected chi connectivity index (χ2v) is 6.58. The predicted molar refractivity (Wildman–Crippen MR) is 92.8 cm³/mol. The summed E-state index contributed by atoms with van der Waals surface area (Å²) in [6, 6.07) is 9.56. The van der Waals surface area contributed by atoms with Gasteiger partial charge in [0.25, 0.3) is 0 Å². The van der Waals surface area contributed by atoms with Crippen LogP contribution in [0.15, 0.2) is 24.3 Å². The molecule has 1 aliphatic rings. The van der Waals surface area contributed by atoms with Crippen LogP contribution in [-0.4, -0.2) is 24.0 Å². The van der Waals surface area contributed by atoms with Gasteiger partial charge in [0.2, 0.25) is 0 Å². The number of unbranched alkanes of at least 4 members (excludes halogenated alkanes) is 3. The lowest BCUT2D eigenvalue weighted by Gasteiger charge is -2.18. The van der Waals surface area contributed by atoms with Gasteiger partial charge in [-0.1, -0.05) is 44.7 Å². The summed E-state index contributed by atoms with van der Waals surface area (Å²) in [5, 5.41) is 3.67. The highest BCUT2D eigenvalue weighted by Gasteiger charge is 2.11. The highest BCUT2D eigenvalue weighted by Crippen LogP contribution is 2.17. The molecule has 1 aromatic rings. The monoisotopic (exact) mass is 288 g/mol. The number of benzene rings is 1. The van der Waals surface area contributed by atoms with Crippen LogP contribution in [0.25, 0.3) is 0 Å². The van der Waals surface area contributed by atoms with E-state index in [0.717, 1.165) is 6.54 Å². The lowest BCUT2D eigenvalue weighted by atomic mass is 10.1. The van der Waals surface area contributed by atoms with Crippen LogP contribution < -0.4 is 5.32 Å². The lowest BCUT2D eigenvalue weighted by molar-refractivity contribution is 0.331. The normalized spacial score (nSPS) is 17.0. The third-order valence-corrected chi connectivity index (χ3v) is 4.44. The SMILES string of the molecule is CCCCCCC(C)Nc1cccc(CN2CCCC2)c1. The standard InChI is InChI=1S/C19H32N2/c1-3-4-5-6-10-17(2)20-19-12-9-11-18(15-19)16-21-13-7-8-14-21/h9,11-12,15,17,20H,3-8,10,13-14,16H2,1-2H3. The summed E-state index contributed by atoms with van der Waals surface area (Å²) in [6.07, 6.45) is 9.42. The summed E-state index contributed by atoms with van der Waals surface area (Å²) in [4.78, 5) is 2.56. The first-order valence-corrected chi connectivity index (χ1v) is 8.85. The minimum absolute atomic E-state index is 0.573. The van der Waals surface area contributed by atoms with Gasteiger partial charge in [-0.2, -0.15) is 0 Å². The number of nitrogens with zero attached hydrogens (tertiary/aromatic N) is 1. The minimum atomic E-state index is 0.573. The van der Waals surface area contributed by atoms with E-state index in [2.05, 4.69) is 48.3 Å². The average molecular weight is 288 g/mol. The van der Waals surface area contributed by atoms with Crippen LogP contribution in [0.3, 0.4) is 0 Å². The zero-order valence-corrected chi connectivity index (χ0v) is 13.9. The van der Waals surface area contributed by atoms with Crippen molar-refractivity contribution in [2.24, 2.45) is 0 Å². The van der Waals surface area contributed by atoms with Gasteiger partial charge in [-0.25, -0.2) is 0 Å². The van der Waals surface area contributed by atoms with E-state index in [1.807, 2.05) is 0 Å². The van der Waals surface area contributed by atoms with E-state index >= 15 is 0 Å². The van der Waals surface area contributed by atoms with Gasteiger partial charge in [0.05, 0.1) is 0 Å². The van der Waals surface area contributed by atoms with Crippen molar-refractivity contribution in [2.45, 2.75) is 71.4 Å². The molecular formula is C19H32N2. The van der Waals surface area contributed by atoms with Crippen molar-refractivity contribution < 1.29 is 0 Å². The van der Waals surface area contributed by atoms with Crippen molar-refractivity contribution in [3.8, 4) is 0 Å². The zero-order valence-electron chi connectivity index (χ0n) is 13.9. The fourth-order valence-corrected chi connectivity index (χ4v) is 3.19. The number of rotatable bonds is 9. The predicted octanol–water partition coefficient (Wildman–Crippen LogP) is 5.05. The number of hydrogen-bond donors (Lipinski definition) is 1. The molecule has 1 aliphatic heterocycles. The second-order valence-electron chi connectivity index (χ2n) is 6.58. The Kier molecular flexibility index (Phi) is 7.08. The van der Waals surface area contributed by atoms with Crippen LogP contribution in [0.4, 0.5) is 5.69 Å². The Bertz CT molecular complexity index is 396. The highest BCUT2D eigenvalue weighted by molar-refractivity contribution is 5.46. The van der Waals surface area contributed by atoms with Crippen LogP contribution >= 0.6 is 0 Å². The smallest absolute Gasteiger partial charge is 0.0345 e. The van der Waals surface area contributed by atoms with Crippen LogP contribution in [0.5, 0.6) is 0 Å². The maximum absolute atomic E-state index is 3.67. The third kappa shape index (κ3) is 6.09. The lowest BCUT2D eigenvalue weighted by Crippen LogP contribution is -2.19. The van der Waals surface area contributed by atoms with Gasteiger partial charge in [0, 0.05) is 18.3 Å². The van der Waals surface area contributed by atoms with Crippen LogP contribution in [0.1, 0.15) is 64.4 Å². The molecule has 0 spiro atoms. The Balaban J connectivity index is 1.76. The molecule has 0 amide bonds. The molecule has 1 heterocycles. The van der Waals surface area contributed by atoms with Gasteiger partial charge in [0.15, 0.2) is 0 Å². The molecular weight excluding hydrogens is 256 g/mol. The molecule has 1 aromatic carbocycles. The van der Waals surface area contributed by atoms with E-state index in [-0.39, 0.29) is 0 Å². The van der Waals surface area contributed by atoms with Gasteiger partial charge in [0.1, 0.15) is 0 Å². The maximum atomic E-state index is 3.67. The van der Waals surface area contributed by atoms with Gasteiger partial charge < -0.3 is 5.32 Å². The molecule has 1 atom stereocenters. The second kappa shape index (κ2) is 9.09. The number of anilines is 1. The fourth-order valence-electron chi connectivity index (χ4n) is 3.19. The Hall–Kier alpha value is -1.02. The average Bonchev–Trinajstić information content (AvgIpc) is 2.97. The summed E-state index contributed by atoms with van der Waals surface area (Å²) in [6.45, 7) is 8.23. The molecule has 1 fully saturated rings. The van der Waals surface area contributed by atoms with Gasteiger partial charge >= 0.3 is 0 Å². The Morgan fingerprint density at radius 3 is 2.71 bits per heavy atom. The van der Waals surface area contributed by atoms with Crippen molar-refractivity contribution in [3.63, 3.8) is 0 Å². The first-order chi connectivity index (χ1) is 10.3. The highest BCUT2D eigenvalue weighted by atomic mass is 15.1. The van der Waals surface area contributed by atoms with Crippen LogP contribution in [0.2, 0.25) is 0 Å². The fraction of sp³-hybridized carbons (Fsp3) is 0.684. The van der Waals surface area contributed by atoms with Crippen LogP contribution in [-0.2, 0) is 6.54 Å². The topological polar surface area (TPSA) is 15.3 Å². The van der Waals surface area contributed by atoms with E-state index in [4.69, 9.17) is 0 Å². The summed E-state index contributed by atoms with van der Waals surface area (Å²) < 4.78 is 0. The Morgan fingerprint density at radius 1 is 1.14 bits per heavy atom. The summed E-state index contributed by atoms with van der Waals surface area (Å²) in [5.74, 6) is 0. The Labute approximate surface area is 130 Å². The summed E-state index contributed by atoms with van der Waals surface area (Å²) in [7, 11) is 0. The van der Waals surface area contributed by atoms with Crippen LogP contribution in [0, 0.1) is 0 Å². The molecule has 0 aliphatic carbocycles. The zero-order chi connectivity index (χ0) is 14.9. The quantitative estimate of drug-likeness (QED) is 0.639. The molecule has 2 rings (SSSR count). The van der Waals surface area contributed by atoms with E-state index in [0.29, 0.717) is 6.04 Å². The van der Waals surface area contributed by atoms with Crippen molar-refractivity contribution in [2.75, 3.05) is 18.4 Å². The Morgan fingerprint density at radius 2 is 1.95 bits per heavy atom. The molecule has 0 bridgehead atoms. The molecule has 118 valence electrons. The van der Waals surface area contributed by atoms with E-state index in [1.165, 1.54) is 69.3 Å². The molecule has 2 nitrogen and oxygen atoms in total. The van der Waals surface area contributed by atoms with Crippen molar-refractivity contribution in [1.82, 2.24) is 4.90 Å². The molecule has 2 heteroatoms. The minimum Gasteiger partial charge on any atom is -0.383 e. The van der Waals surface area contributed by atoms with E-state index in [1.54, 1.807) is 0 Å². The number of likely N-dealkylation sites (tertiary alicyclic amines) is 1. The third-order valence-electron chi connectivity index (χ3n) is 4.44. The van der Waals surface area contributed by atoms with Gasteiger partial charge in [-0.3, -0.25) is 4.90 Å². The van der Waals surface area contributed by atoms with Gasteiger partial charge in [-0.15, -0.1) is 0 Å². The van der Waals surface area contributed by atoms with Crippen molar-refractivity contribution in [3.05, 3.63) is 29.8 Å². The van der Waals surface area contributed by atoms with Gasteiger partial charge in [-0.05, 0) is 57.0 Å². The van der Waals surface area contributed by atoms with Crippen molar-refractivity contribution in [1.29, 1.82) is 0 Å². The molecule has 21 heavy (non-hydrogen) atoms. The molecule has 1 saturated heterocycles. The number of hydrogen-bond acceptors (Lipinski definition) is 2.